The zero-order valence-electron chi connectivity index (χ0n) is 10.1. The number of nitrogens with zero attached hydrogens (tertiary/aromatic N) is 2. The molecule has 0 radical (unpaired) electrons. The highest BCUT2D eigenvalue weighted by atomic mass is 19.4. The number of aromatic nitrogens is 2. The highest BCUT2D eigenvalue weighted by Gasteiger charge is 2.46. The summed E-state index contributed by atoms with van der Waals surface area (Å²) in [5.41, 5.74) is 3.59. The second-order valence-electron chi connectivity index (χ2n) is 3.89. The third-order valence-corrected chi connectivity index (χ3v) is 2.19. The van der Waals surface area contributed by atoms with Gasteiger partial charge in [0.25, 0.3) is 0 Å². The molecule has 1 aromatic rings. The van der Waals surface area contributed by atoms with Gasteiger partial charge in [0.05, 0.1) is 0 Å². The van der Waals surface area contributed by atoms with Crippen molar-refractivity contribution in [2.45, 2.75) is 38.3 Å². The number of carbonyl (C=O) groups is 1. The molecule has 1 heterocycles. The van der Waals surface area contributed by atoms with Crippen LogP contribution in [0.25, 0.3) is 0 Å². The molecule has 10 heteroatoms. The molecular formula is C9H12F3N3O4. The highest BCUT2D eigenvalue weighted by molar-refractivity contribution is 5.75. The van der Waals surface area contributed by atoms with Crippen LogP contribution in [-0.2, 0) is 21.5 Å². The molecule has 0 spiro atoms. The summed E-state index contributed by atoms with van der Waals surface area (Å²) in [6.07, 6.45) is -7.14. The number of esters is 1. The van der Waals surface area contributed by atoms with Gasteiger partial charge in [-0.25, -0.2) is 4.79 Å². The van der Waals surface area contributed by atoms with Crippen LogP contribution < -0.4 is 5.73 Å². The van der Waals surface area contributed by atoms with Gasteiger partial charge in [0.15, 0.2) is 5.54 Å². The summed E-state index contributed by atoms with van der Waals surface area (Å²) in [5, 5.41) is 16.5. The lowest BCUT2D eigenvalue weighted by atomic mass is 10.0. The highest BCUT2D eigenvalue weighted by Crippen LogP contribution is 2.24. The number of carbonyl (C=O) groups excluding carboxylic acids is 1. The van der Waals surface area contributed by atoms with Gasteiger partial charge in [-0.15, -0.1) is 10.2 Å². The van der Waals surface area contributed by atoms with Crippen molar-refractivity contribution in [1.29, 1.82) is 0 Å². The summed E-state index contributed by atoms with van der Waals surface area (Å²) in [6, 6.07) is 0. The van der Waals surface area contributed by atoms with E-state index < -0.39 is 24.0 Å². The van der Waals surface area contributed by atoms with Crippen molar-refractivity contribution in [3.8, 4) is 0 Å². The van der Waals surface area contributed by atoms with Crippen molar-refractivity contribution in [2.24, 2.45) is 5.73 Å². The van der Waals surface area contributed by atoms with E-state index in [2.05, 4.69) is 14.9 Å². The summed E-state index contributed by atoms with van der Waals surface area (Å²) in [5.74, 6) is -2.72. The molecule has 0 aromatic carbocycles. The predicted octanol–water partition coefficient (Wildman–Crippen LogP) is 0.230. The average molecular weight is 283 g/mol. The van der Waals surface area contributed by atoms with Crippen LogP contribution in [0.2, 0.25) is 0 Å². The van der Waals surface area contributed by atoms with Crippen molar-refractivity contribution in [3.63, 3.8) is 0 Å². The zero-order chi connectivity index (χ0) is 14.8. The van der Waals surface area contributed by atoms with Gasteiger partial charge in [0.1, 0.15) is 0 Å². The average Bonchev–Trinajstić information content (AvgIpc) is 2.76. The Kier molecular flexibility index (Phi) is 4.15. The van der Waals surface area contributed by atoms with Crippen molar-refractivity contribution in [2.75, 3.05) is 0 Å². The lowest BCUT2D eigenvalue weighted by molar-refractivity contribution is -0.228. The number of hydrogen-bond acceptors (Lipinski definition) is 7. The van der Waals surface area contributed by atoms with Crippen LogP contribution in [0.3, 0.4) is 0 Å². The normalized spacial score (nSPS) is 16.8. The molecule has 0 aliphatic rings. The number of rotatable bonds is 4. The number of aliphatic hydroxyl groups is 1. The molecule has 1 rings (SSSR count). The molecule has 19 heavy (non-hydrogen) atoms. The zero-order valence-corrected chi connectivity index (χ0v) is 10.1. The van der Waals surface area contributed by atoms with Crippen LogP contribution in [0, 0.1) is 0 Å². The first-order valence-corrected chi connectivity index (χ1v) is 5.16. The maximum Gasteiger partial charge on any atom is 0.491 e. The number of alkyl halides is 3. The van der Waals surface area contributed by atoms with Crippen molar-refractivity contribution < 1.29 is 32.2 Å². The summed E-state index contributed by atoms with van der Waals surface area (Å²) >= 11 is 0. The molecule has 0 amide bonds. The molecule has 0 saturated carbocycles. The Morgan fingerprint density at radius 3 is 2.53 bits per heavy atom. The molecule has 0 bridgehead atoms. The van der Waals surface area contributed by atoms with Crippen LogP contribution in [0.1, 0.15) is 25.6 Å². The number of aliphatic hydroxyl groups excluding tert-OH is 1. The molecule has 0 saturated heterocycles. The van der Waals surface area contributed by atoms with Crippen LogP contribution in [0.15, 0.2) is 4.42 Å². The Bertz CT molecular complexity index is 458. The fourth-order valence-corrected chi connectivity index (χ4v) is 1.01. The van der Waals surface area contributed by atoms with Gasteiger partial charge in [0, 0.05) is 6.42 Å². The minimum Gasteiger partial charge on any atom is -0.427 e. The maximum atomic E-state index is 12.0. The third kappa shape index (κ3) is 3.41. The Morgan fingerprint density at radius 2 is 2.11 bits per heavy atom. The minimum absolute atomic E-state index is 0.182. The standard InChI is InChI=1S/C9H12F3N3O4/c1-3-4-14-15-5(18-4)8(2,13)6(16)19-7(17)9(10,11)12/h6,16H,3,13H2,1-2H3. The maximum absolute atomic E-state index is 12.0. The minimum atomic E-state index is -5.24. The fraction of sp³-hybridized carbons (Fsp3) is 0.667. The quantitative estimate of drug-likeness (QED) is 0.601. The van der Waals surface area contributed by atoms with E-state index in [-0.39, 0.29) is 11.8 Å². The summed E-state index contributed by atoms with van der Waals surface area (Å²) in [4.78, 5) is 10.6. The number of hydrogen-bond donors (Lipinski definition) is 2. The van der Waals surface area contributed by atoms with Gasteiger partial charge in [0.2, 0.25) is 18.1 Å². The van der Waals surface area contributed by atoms with E-state index in [0.717, 1.165) is 6.92 Å². The van der Waals surface area contributed by atoms with Gasteiger partial charge in [-0.3, -0.25) is 0 Å². The largest absolute Gasteiger partial charge is 0.491 e. The second-order valence-corrected chi connectivity index (χ2v) is 3.89. The first-order chi connectivity index (χ1) is 8.59. The Labute approximate surface area is 105 Å². The molecule has 7 nitrogen and oxygen atoms in total. The fourth-order valence-electron chi connectivity index (χ4n) is 1.01. The SMILES string of the molecule is CCc1nnc(C(C)(N)C(O)OC(=O)C(F)(F)F)o1. The van der Waals surface area contributed by atoms with Crippen LogP contribution in [-0.4, -0.2) is 33.7 Å². The molecule has 2 unspecified atom stereocenters. The van der Waals surface area contributed by atoms with E-state index in [0.29, 0.717) is 6.42 Å². The number of halogens is 3. The molecule has 1 aromatic heterocycles. The first-order valence-electron chi connectivity index (χ1n) is 5.16. The molecule has 3 N–H and O–H groups in total. The van der Waals surface area contributed by atoms with E-state index in [1.165, 1.54) is 0 Å². The van der Waals surface area contributed by atoms with E-state index in [1.807, 2.05) is 0 Å². The Balaban J connectivity index is 2.84. The van der Waals surface area contributed by atoms with Crippen molar-refractivity contribution >= 4 is 5.97 Å². The number of nitrogens with two attached hydrogens (primary N) is 1. The predicted molar refractivity (Wildman–Crippen MR) is 53.4 cm³/mol. The lowest BCUT2D eigenvalue weighted by Crippen LogP contribution is -2.49. The van der Waals surface area contributed by atoms with Gasteiger partial charge in [-0.2, -0.15) is 13.2 Å². The molecule has 108 valence electrons. The first kappa shape index (κ1) is 15.4. The van der Waals surface area contributed by atoms with E-state index in [4.69, 9.17) is 10.2 Å². The topological polar surface area (TPSA) is 111 Å². The number of ether oxygens (including phenoxy) is 1. The van der Waals surface area contributed by atoms with Crippen LogP contribution in [0.4, 0.5) is 13.2 Å². The van der Waals surface area contributed by atoms with Crippen LogP contribution >= 0.6 is 0 Å². The van der Waals surface area contributed by atoms with Crippen LogP contribution in [0.5, 0.6) is 0 Å². The molecular weight excluding hydrogens is 271 g/mol. The van der Waals surface area contributed by atoms with Gasteiger partial charge in [-0.1, -0.05) is 6.92 Å². The molecule has 0 aliphatic heterocycles. The summed E-state index contributed by atoms with van der Waals surface area (Å²) in [7, 11) is 0. The van der Waals surface area contributed by atoms with Gasteiger partial charge in [-0.05, 0) is 6.92 Å². The smallest absolute Gasteiger partial charge is 0.427 e. The van der Waals surface area contributed by atoms with Gasteiger partial charge >= 0.3 is 12.1 Å². The number of aryl methyl sites for hydroxylation is 1. The Hall–Kier alpha value is -1.68. The Morgan fingerprint density at radius 1 is 1.53 bits per heavy atom. The third-order valence-electron chi connectivity index (χ3n) is 2.19. The van der Waals surface area contributed by atoms with E-state index in [1.54, 1.807) is 6.92 Å². The second kappa shape index (κ2) is 5.13. The van der Waals surface area contributed by atoms with Crippen molar-refractivity contribution in [3.05, 3.63) is 11.8 Å². The molecule has 0 fully saturated rings. The van der Waals surface area contributed by atoms with E-state index >= 15 is 0 Å². The monoisotopic (exact) mass is 283 g/mol. The van der Waals surface area contributed by atoms with Crippen molar-refractivity contribution in [1.82, 2.24) is 10.2 Å². The summed E-state index contributed by atoms with van der Waals surface area (Å²) < 4.78 is 44.8. The summed E-state index contributed by atoms with van der Waals surface area (Å²) in [6.45, 7) is 2.79. The van der Waals surface area contributed by atoms with E-state index in [9.17, 15) is 23.1 Å². The lowest BCUT2D eigenvalue weighted by Gasteiger charge is -2.26. The molecule has 2 atom stereocenters. The molecule has 0 aliphatic carbocycles. The van der Waals surface area contributed by atoms with Gasteiger partial charge < -0.3 is 20.0 Å².